The van der Waals surface area contributed by atoms with Crippen molar-refractivity contribution >= 4 is 5.84 Å². The SMILES string of the molecule is CCN(C)CCNC(CC(N)=NO)c1ccccc1. The average Bonchev–Trinajstić information content (AvgIpc) is 2.46. The van der Waals surface area contributed by atoms with Gasteiger partial charge in [0.1, 0.15) is 5.84 Å². The molecule has 0 spiro atoms. The van der Waals surface area contributed by atoms with E-state index in [1.165, 1.54) is 0 Å². The summed E-state index contributed by atoms with van der Waals surface area (Å²) in [6.45, 7) is 4.99. The lowest BCUT2D eigenvalue weighted by atomic mass is 10.0. The van der Waals surface area contributed by atoms with Crippen LogP contribution in [0.3, 0.4) is 0 Å². The van der Waals surface area contributed by atoms with Crippen molar-refractivity contribution in [1.82, 2.24) is 10.2 Å². The number of likely N-dealkylation sites (N-methyl/N-ethyl adjacent to an activating group) is 1. The number of benzene rings is 1. The van der Waals surface area contributed by atoms with Crippen molar-refractivity contribution in [3.63, 3.8) is 0 Å². The van der Waals surface area contributed by atoms with Crippen LogP contribution in [0, 0.1) is 0 Å². The normalized spacial score (nSPS) is 13.7. The summed E-state index contributed by atoms with van der Waals surface area (Å²) in [5.74, 6) is 0.241. The van der Waals surface area contributed by atoms with Crippen LogP contribution in [0.25, 0.3) is 0 Å². The maximum atomic E-state index is 8.71. The van der Waals surface area contributed by atoms with E-state index in [0.29, 0.717) is 6.42 Å². The predicted molar refractivity (Wildman–Crippen MR) is 78.4 cm³/mol. The Morgan fingerprint density at radius 3 is 2.68 bits per heavy atom. The molecule has 1 atom stereocenters. The van der Waals surface area contributed by atoms with Crippen LogP contribution in [-0.4, -0.2) is 42.6 Å². The lowest BCUT2D eigenvalue weighted by molar-refractivity contribution is 0.314. The molecule has 1 unspecified atom stereocenters. The number of amidine groups is 1. The lowest BCUT2D eigenvalue weighted by Crippen LogP contribution is -2.33. The minimum absolute atomic E-state index is 0.0716. The van der Waals surface area contributed by atoms with Gasteiger partial charge < -0.3 is 21.2 Å². The molecule has 0 saturated heterocycles. The number of hydrogen-bond donors (Lipinski definition) is 3. The predicted octanol–water partition coefficient (Wildman–Crippen LogP) is 1.41. The fourth-order valence-corrected chi connectivity index (χ4v) is 1.83. The van der Waals surface area contributed by atoms with Gasteiger partial charge >= 0.3 is 0 Å². The molecule has 5 nitrogen and oxygen atoms in total. The molecular weight excluding hydrogens is 240 g/mol. The zero-order chi connectivity index (χ0) is 14.1. The van der Waals surface area contributed by atoms with Gasteiger partial charge in [-0.15, -0.1) is 0 Å². The van der Waals surface area contributed by atoms with Gasteiger partial charge in [0.2, 0.25) is 0 Å². The Labute approximate surface area is 115 Å². The first kappa shape index (κ1) is 15.5. The molecule has 0 radical (unpaired) electrons. The highest BCUT2D eigenvalue weighted by molar-refractivity contribution is 5.80. The Hall–Kier alpha value is -1.59. The molecular formula is C14H24N4O. The van der Waals surface area contributed by atoms with Crippen LogP contribution in [0.1, 0.15) is 24.9 Å². The Morgan fingerprint density at radius 1 is 1.42 bits per heavy atom. The van der Waals surface area contributed by atoms with Crippen LogP contribution in [-0.2, 0) is 0 Å². The number of nitrogens with zero attached hydrogens (tertiary/aromatic N) is 2. The molecule has 0 saturated carbocycles. The van der Waals surface area contributed by atoms with Gasteiger partial charge in [-0.1, -0.05) is 42.4 Å². The summed E-state index contributed by atoms with van der Waals surface area (Å²) in [5, 5.41) is 15.2. The molecule has 0 aliphatic carbocycles. The highest BCUT2D eigenvalue weighted by Gasteiger charge is 2.12. The fourth-order valence-electron chi connectivity index (χ4n) is 1.83. The molecule has 0 amide bonds. The number of rotatable bonds is 8. The summed E-state index contributed by atoms with van der Waals surface area (Å²) < 4.78 is 0. The molecule has 4 N–H and O–H groups in total. The smallest absolute Gasteiger partial charge is 0.141 e. The largest absolute Gasteiger partial charge is 0.409 e. The standard InChI is InChI=1S/C14H24N4O/c1-3-18(2)10-9-16-13(11-14(15)17-19)12-7-5-4-6-8-12/h4-8,13,16,19H,3,9-11H2,1-2H3,(H2,15,17). The van der Waals surface area contributed by atoms with Crippen molar-refractivity contribution in [2.24, 2.45) is 10.9 Å². The van der Waals surface area contributed by atoms with Crippen molar-refractivity contribution in [2.45, 2.75) is 19.4 Å². The quantitative estimate of drug-likeness (QED) is 0.287. The maximum absolute atomic E-state index is 8.71. The molecule has 0 bridgehead atoms. The monoisotopic (exact) mass is 264 g/mol. The van der Waals surface area contributed by atoms with Crippen LogP contribution < -0.4 is 11.1 Å². The number of oxime groups is 1. The third-order valence-electron chi connectivity index (χ3n) is 3.17. The van der Waals surface area contributed by atoms with Gasteiger partial charge in [-0.25, -0.2) is 0 Å². The summed E-state index contributed by atoms with van der Waals surface area (Å²) >= 11 is 0. The van der Waals surface area contributed by atoms with E-state index in [-0.39, 0.29) is 11.9 Å². The van der Waals surface area contributed by atoms with E-state index in [1.54, 1.807) is 0 Å². The molecule has 19 heavy (non-hydrogen) atoms. The van der Waals surface area contributed by atoms with Crippen molar-refractivity contribution in [2.75, 3.05) is 26.7 Å². The van der Waals surface area contributed by atoms with Crippen LogP contribution in [0.15, 0.2) is 35.5 Å². The highest BCUT2D eigenvalue weighted by Crippen LogP contribution is 2.16. The van der Waals surface area contributed by atoms with Gasteiger partial charge in [-0.05, 0) is 19.2 Å². The molecule has 0 aliphatic heterocycles. The zero-order valence-corrected chi connectivity index (χ0v) is 11.7. The van der Waals surface area contributed by atoms with Crippen LogP contribution >= 0.6 is 0 Å². The van der Waals surface area contributed by atoms with E-state index < -0.39 is 0 Å². The average molecular weight is 264 g/mol. The minimum Gasteiger partial charge on any atom is -0.409 e. The van der Waals surface area contributed by atoms with Gasteiger partial charge in [0.05, 0.1) is 0 Å². The minimum atomic E-state index is 0.0716. The van der Waals surface area contributed by atoms with Gasteiger partial charge in [-0.3, -0.25) is 0 Å². The molecule has 106 valence electrons. The van der Waals surface area contributed by atoms with Crippen LogP contribution in [0.2, 0.25) is 0 Å². The van der Waals surface area contributed by atoms with Crippen LogP contribution in [0.5, 0.6) is 0 Å². The van der Waals surface area contributed by atoms with E-state index in [9.17, 15) is 0 Å². The van der Waals surface area contributed by atoms with Crippen LogP contribution in [0.4, 0.5) is 0 Å². The lowest BCUT2D eigenvalue weighted by Gasteiger charge is -2.21. The second kappa shape index (κ2) is 8.50. The summed E-state index contributed by atoms with van der Waals surface area (Å²) in [7, 11) is 2.09. The van der Waals surface area contributed by atoms with Gasteiger partial charge in [0, 0.05) is 25.6 Å². The molecule has 0 fully saturated rings. The molecule has 1 aromatic carbocycles. The summed E-state index contributed by atoms with van der Waals surface area (Å²) in [4.78, 5) is 2.23. The first-order valence-electron chi connectivity index (χ1n) is 6.60. The third-order valence-corrected chi connectivity index (χ3v) is 3.17. The van der Waals surface area contributed by atoms with Gasteiger partial charge in [0.15, 0.2) is 0 Å². The molecule has 0 aliphatic rings. The first-order valence-corrected chi connectivity index (χ1v) is 6.60. The van der Waals surface area contributed by atoms with E-state index in [1.807, 2.05) is 30.3 Å². The highest BCUT2D eigenvalue weighted by atomic mass is 16.4. The fraction of sp³-hybridized carbons (Fsp3) is 0.500. The van der Waals surface area contributed by atoms with Gasteiger partial charge in [0.25, 0.3) is 0 Å². The number of hydrogen-bond acceptors (Lipinski definition) is 4. The topological polar surface area (TPSA) is 73.9 Å². The maximum Gasteiger partial charge on any atom is 0.141 e. The molecule has 1 rings (SSSR count). The Bertz CT molecular complexity index is 380. The third kappa shape index (κ3) is 5.72. The van der Waals surface area contributed by atoms with E-state index >= 15 is 0 Å². The number of nitrogens with two attached hydrogens (primary N) is 1. The second-order valence-corrected chi connectivity index (χ2v) is 4.61. The van der Waals surface area contributed by atoms with Crippen molar-refractivity contribution in [3.05, 3.63) is 35.9 Å². The van der Waals surface area contributed by atoms with E-state index in [2.05, 4.69) is 29.3 Å². The Balaban J connectivity index is 2.60. The first-order chi connectivity index (χ1) is 9.17. The molecule has 0 heterocycles. The molecule has 5 heteroatoms. The summed E-state index contributed by atoms with van der Waals surface area (Å²) in [5.41, 5.74) is 6.77. The molecule has 1 aromatic rings. The number of nitrogens with one attached hydrogen (secondary N) is 1. The van der Waals surface area contributed by atoms with Crippen molar-refractivity contribution < 1.29 is 5.21 Å². The van der Waals surface area contributed by atoms with Crippen molar-refractivity contribution in [1.29, 1.82) is 0 Å². The Kier molecular flexibility index (Phi) is 6.92. The second-order valence-electron chi connectivity index (χ2n) is 4.61. The van der Waals surface area contributed by atoms with E-state index in [4.69, 9.17) is 10.9 Å². The zero-order valence-electron chi connectivity index (χ0n) is 11.7. The molecule has 0 aromatic heterocycles. The summed E-state index contributed by atoms with van der Waals surface area (Å²) in [6.07, 6.45) is 0.496. The van der Waals surface area contributed by atoms with Crippen molar-refractivity contribution in [3.8, 4) is 0 Å². The summed E-state index contributed by atoms with van der Waals surface area (Å²) in [6, 6.07) is 10.1. The van der Waals surface area contributed by atoms with E-state index in [0.717, 1.165) is 25.2 Å². The Morgan fingerprint density at radius 2 is 2.11 bits per heavy atom. The van der Waals surface area contributed by atoms with Gasteiger partial charge in [-0.2, -0.15) is 0 Å².